The summed E-state index contributed by atoms with van der Waals surface area (Å²) in [6.07, 6.45) is 1.65. The molecule has 0 spiro atoms. The Morgan fingerprint density at radius 3 is 2.79 bits per heavy atom. The van der Waals surface area contributed by atoms with Gasteiger partial charge in [0, 0.05) is 22.7 Å². The number of aliphatic hydroxyl groups is 1. The molecule has 0 amide bonds. The molecule has 0 aromatic carbocycles. The highest BCUT2D eigenvalue weighted by atomic mass is 127. The van der Waals surface area contributed by atoms with Crippen LogP contribution in [0.25, 0.3) is 0 Å². The standard InChI is InChI=1S/C13H17IN2O3/c14-10-7-11(16-3-5-18-6-4-16)15-12(8-10)19-9-13(17)1-2-13/h7-8,17H,1-6,9H2. The maximum Gasteiger partial charge on any atom is 0.216 e. The summed E-state index contributed by atoms with van der Waals surface area (Å²) in [5, 5.41) is 9.80. The van der Waals surface area contributed by atoms with Crippen molar-refractivity contribution in [3.63, 3.8) is 0 Å². The minimum absolute atomic E-state index is 0.336. The van der Waals surface area contributed by atoms with Crippen LogP contribution in [-0.4, -0.2) is 48.6 Å². The van der Waals surface area contributed by atoms with Crippen molar-refractivity contribution in [3.8, 4) is 5.88 Å². The summed E-state index contributed by atoms with van der Waals surface area (Å²) in [7, 11) is 0. The Balaban J connectivity index is 1.71. The Hall–Kier alpha value is -0.600. The van der Waals surface area contributed by atoms with Crippen molar-refractivity contribution >= 4 is 28.4 Å². The first-order chi connectivity index (χ1) is 9.15. The molecule has 2 heterocycles. The minimum Gasteiger partial charge on any atom is -0.475 e. The quantitative estimate of drug-likeness (QED) is 0.806. The van der Waals surface area contributed by atoms with Crippen molar-refractivity contribution in [1.82, 2.24) is 4.98 Å². The lowest BCUT2D eigenvalue weighted by Crippen LogP contribution is -2.36. The van der Waals surface area contributed by atoms with Crippen molar-refractivity contribution in [2.24, 2.45) is 0 Å². The van der Waals surface area contributed by atoms with Gasteiger partial charge in [-0.1, -0.05) is 0 Å². The fraction of sp³-hybridized carbons (Fsp3) is 0.615. The highest BCUT2D eigenvalue weighted by Gasteiger charge is 2.41. The van der Waals surface area contributed by atoms with Gasteiger partial charge in [-0.05, 0) is 41.5 Å². The zero-order valence-electron chi connectivity index (χ0n) is 10.6. The van der Waals surface area contributed by atoms with E-state index in [9.17, 15) is 5.11 Å². The predicted molar refractivity (Wildman–Crippen MR) is 79.7 cm³/mol. The maximum absolute atomic E-state index is 9.80. The molecule has 0 unspecified atom stereocenters. The third-order valence-electron chi connectivity index (χ3n) is 3.40. The lowest BCUT2D eigenvalue weighted by Gasteiger charge is -2.28. The minimum atomic E-state index is -0.609. The molecule has 0 atom stereocenters. The van der Waals surface area contributed by atoms with Crippen molar-refractivity contribution in [2.45, 2.75) is 18.4 Å². The molecule has 1 aliphatic heterocycles. The van der Waals surface area contributed by atoms with E-state index in [2.05, 4.69) is 32.5 Å². The Bertz CT molecular complexity index is 459. The molecule has 3 rings (SSSR count). The lowest BCUT2D eigenvalue weighted by atomic mass is 10.3. The number of pyridine rings is 1. The van der Waals surface area contributed by atoms with Gasteiger partial charge in [-0.2, -0.15) is 4.98 Å². The second-order valence-electron chi connectivity index (χ2n) is 5.09. The van der Waals surface area contributed by atoms with Crippen molar-refractivity contribution in [1.29, 1.82) is 0 Å². The van der Waals surface area contributed by atoms with Crippen molar-refractivity contribution in [2.75, 3.05) is 37.8 Å². The highest BCUT2D eigenvalue weighted by Crippen LogP contribution is 2.35. The van der Waals surface area contributed by atoms with Gasteiger partial charge in [-0.3, -0.25) is 0 Å². The number of morpholine rings is 1. The second-order valence-corrected chi connectivity index (χ2v) is 6.34. The van der Waals surface area contributed by atoms with Crippen LogP contribution in [0.3, 0.4) is 0 Å². The van der Waals surface area contributed by atoms with Crippen molar-refractivity contribution in [3.05, 3.63) is 15.7 Å². The zero-order valence-corrected chi connectivity index (χ0v) is 12.8. The average molecular weight is 376 g/mol. The van der Waals surface area contributed by atoms with E-state index < -0.39 is 5.60 Å². The molecular formula is C13H17IN2O3. The topological polar surface area (TPSA) is 54.8 Å². The molecule has 1 saturated heterocycles. The van der Waals surface area contributed by atoms with Gasteiger partial charge in [0.2, 0.25) is 5.88 Å². The zero-order chi connectivity index (χ0) is 13.3. The molecule has 2 aliphatic rings. The highest BCUT2D eigenvalue weighted by molar-refractivity contribution is 14.1. The van der Waals surface area contributed by atoms with E-state index in [1.807, 2.05) is 12.1 Å². The summed E-state index contributed by atoms with van der Waals surface area (Å²) in [4.78, 5) is 6.72. The van der Waals surface area contributed by atoms with Crippen LogP contribution in [0.15, 0.2) is 12.1 Å². The number of nitrogens with zero attached hydrogens (tertiary/aromatic N) is 2. The number of anilines is 1. The number of hydrogen-bond acceptors (Lipinski definition) is 5. The van der Waals surface area contributed by atoms with E-state index in [0.717, 1.165) is 48.5 Å². The number of rotatable bonds is 4. The van der Waals surface area contributed by atoms with Crippen LogP contribution in [0.5, 0.6) is 5.88 Å². The summed E-state index contributed by atoms with van der Waals surface area (Å²) < 4.78 is 12.1. The first-order valence-corrected chi connectivity index (χ1v) is 7.58. The van der Waals surface area contributed by atoms with Gasteiger partial charge >= 0.3 is 0 Å². The van der Waals surface area contributed by atoms with Gasteiger partial charge in [0.05, 0.1) is 18.8 Å². The molecule has 6 heteroatoms. The van der Waals surface area contributed by atoms with Gasteiger partial charge in [0.15, 0.2) is 0 Å². The maximum atomic E-state index is 9.80. The molecule has 104 valence electrons. The third-order valence-corrected chi connectivity index (χ3v) is 4.03. The van der Waals surface area contributed by atoms with Crippen LogP contribution in [-0.2, 0) is 4.74 Å². The molecule has 0 bridgehead atoms. The number of hydrogen-bond donors (Lipinski definition) is 1. The molecular weight excluding hydrogens is 359 g/mol. The van der Waals surface area contributed by atoms with Crippen LogP contribution in [0.2, 0.25) is 0 Å². The second kappa shape index (κ2) is 5.41. The molecule has 19 heavy (non-hydrogen) atoms. The van der Waals surface area contributed by atoms with E-state index in [1.54, 1.807) is 0 Å². The van der Waals surface area contributed by atoms with Gasteiger partial charge in [0.1, 0.15) is 12.4 Å². The summed E-state index contributed by atoms with van der Waals surface area (Å²) >= 11 is 2.26. The Morgan fingerprint density at radius 1 is 1.37 bits per heavy atom. The van der Waals surface area contributed by atoms with Gasteiger partial charge in [-0.25, -0.2) is 0 Å². The molecule has 2 fully saturated rings. The molecule has 1 aromatic rings. The van der Waals surface area contributed by atoms with E-state index >= 15 is 0 Å². The average Bonchev–Trinajstić information content (AvgIpc) is 3.16. The van der Waals surface area contributed by atoms with E-state index in [4.69, 9.17) is 9.47 Å². The van der Waals surface area contributed by atoms with Gasteiger partial charge in [0.25, 0.3) is 0 Å². The molecule has 1 aromatic heterocycles. The van der Waals surface area contributed by atoms with E-state index in [0.29, 0.717) is 12.5 Å². The fourth-order valence-electron chi connectivity index (χ4n) is 1.99. The van der Waals surface area contributed by atoms with Crippen LogP contribution in [0.1, 0.15) is 12.8 Å². The molecule has 0 radical (unpaired) electrons. The van der Waals surface area contributed by atoms with E-state index in [-0.39, 0.29) is 0 Å². The summed E-state index contributed by atoms with van der Waals surface area (Å²) in [5.41, 5.74) is -0.609. The number of ether oxygens (including phenoxy) is 2. The fourth-order valence-corrected chi connectivity index (χ4v) is 2.53. The summed E-state index contributed by atoms with van der Waals surface area (Å²) in [6.45, 7) is 3.53. The van der Waals surface area contributed by atoms with Crippen LogP contribution < -0.4 is 9.64 Å². The Morgan fingerprint density at radius 2 is 2.11 bits per heavy atom. The summed E-state index contributed by atoms with van der Waals surface area (Å²) in [6, 6.07) is 3.95. The van der Waals surface area contributed by atoms with Crippen LogP contribution in [0.4, 0.5) is 5.82 Å². The van der Waals surface area contributed by atoms with Crippen LogP contribution in [0, 0.1) is 3.57 Å². The monoisotopic (exact) mass is 376 g/mol. The first kappa shape index (κ1) is 13.4. The van der Waals surface area contributed by atoms with Crippen molar-refractivity contribution < 1.29 is 14.6 Å². The first-order valence-electron chi connectivity index (χ1n) is 6.50. The molecule has 1 N–H and O–H groups in total. The molecule has 5 nitrogen and oxygen atoms in total. The largest absolute Gasteiger partial charge is 0.475 e. The number of halogens is 1. The summed E-state index contributed by atoms with van der Waals surface area (Å²) in [5.74, 6) is 1.52. The Labute approximate surface area is 126 Å². The van der Waals surface area contributed by atoms with Gasteiger partial charge < -0.3 is 19.5 Å². The molecule has 1 aliphatic carbocycles. The normalized spacial score (nSPS) is 21.3. The smallest absolute Gasteiger partial charge is 0.216 e. The van der Waals surface area contributed by atoms with Gasteiger partial charge in [-0.15, -0.1) is 0 Å². The van der Waals surface area contributed by atoms with Crippen LogP contribution >= 0.6 is 22.6 Å². The predicted octanol–water partition coefficient (Wildman–Crippen LogP) is 1.43. The SMILES string of the molecule is OC1(COc2cc(I)cc(N3CCOCC3)n2)CC1. The third kappa shape index (κ3) is 3.49. The van der Waals surface area contributed by atoms with E-state index in [1.165, 1.54) is 0 Å². The Kier molecular flexibility index (Phi) is 3.81. The lowest BCUT2D eigenvalue weighted by molar-refractivity contribution is 0.0832. The number of aromatic nitrogens is 1. The molecule has 1 saturated carbocycles.